The third-order valence-electron chi connectivity index (χ3n) is 1.36. The quantitative estimate of drug-likeness (QED) is 0.358. The molecule has 0 heterocycles. The van der Waals surface area contributed by atoms with Crippen LogP contribution in [0.25, 0.3) is 0 Å². The van der Waals surface area contributed by atoms with Crippen LogP contribution >= 0.6 is 38.5 Å². The number of nitro benzene ring substituents is 1. The summed E-state index contributed by atoms with van der Waals surface area (Å²) in [6, 6.07) is 6.48. The number of nitrogens with zero attached hydrogens (tertiary/aromatic N) is 1. The molecule has 1 rings (SSSR count). The Morgan fingerprint density at radius 3 is 2.25 bits per heavy atom. The lowest BCUT2D eigenvalue weighted by atomic mass is 10.2. The summed E-state index contributed by atoms with van der Waals surface area (Å²) in [6.45, 7) is 0. The number of benzene rings is 1. The van der Waals surface area contributed by atoms with E-state index in [1.54, 1.807) is 12.1 Å². The first-order chi connectivity index (χ1) is 5.61. The highest BCUT2D eigenvalue weighted by molar-refractivity contribution is 14.1. The van der Waals surface area contributed by atoms with Crippen molar-refractivity contribution in [2.75, 3.05) is 0 Å². The predicted octanol–water partition coefficient (Wildman–Crippen LogP) is 3.42. The van der Waals surface area contributed by atoms with Gasteiger partial charge in [0.15, 0.2) is 0 Å². The molecule has 12 heavy (non-hydrogen) atoms. The van der Waals surface area contributed by atoms with Crippen LogP contribution in [0.15, 0.2) is 24.3 Å². The summed E-state index contributed by atoms with van der Waals surface area (Å²) in [5.41, 5.74) is 1.16. The van der Waals surface area contributed by atoms with Crippen LogP contribution in [-0.4, -0.2) is 4.92 Å². The number of halogens is 2. The van der Waals surface area contributed by atoms with Crippen LogP contribution in [0.2, 0.25) is 0 Å². The summed E-state index contributed by atoms with van der Waals surface area (Å²) in [7, 11) is 0. The van der Waals surface area contributed by atoms with Gasteiger partial charge in [0, 0.05) is 12.1 Å². The molecule has 0 aliphatic heterocycles. The van der Waals surface area contributed by atoms with Gasteiger partial charge in [0.1, 0.15) is 0 Å². The minimum absolute atomic E-state index is 0.128. The highest BCUT2D eigenvalue weighted by Crippen LogP contribution is 2.30. The van der Waals surface area contributed by atoms with Gasteiger partial charge in [-0.15, -0.1) is 0 Å². The molecule has 1 aromatic carbocycles. The second-order valence-corrected chi connectivity index (χ2v) is 6.02. The highest BCUT2D eigenvalue weighted by Gasteiger charge is 2.06. The van der Waals surface area contributed by atoms with Gasteiger partial charge < -0.3 is 0 Å². The predicted molar refractivity (Wildman–Crippen MR) is 58.8 cm³/mol. The molecule has 0 aliphatic rings. The second-order valence-electron chi connectivity index (χ2n) is 2.15. The normalized spacial score (nSPS) is 12.5. The minimum Gasteiger partial charge on any atom is -0.258 e. The van der Waals surface area contributed by atoms with Crippen molar-refractivity contribution >= 4 is 44.2 Å². The lowest BCUT2D eigenvalue weighted by Crippen LogP contribution is -1.87. The molecule has 5 heteroatoms. The van der Waals surface area contributed by atoms with Crippen LogP contribution in [-0.2, 0) is 0 Å². The van der Waals surface area contributed by atoms with E-state index >= 15 is 0 Å². The molecule has 0 amide bonds. The molecular formula is C7H5BrINO2. The van der Waals surface area contributed by atoms with E-state index in [0.717, 1.165) is 5.56 Å². The molecule has 0 aromatic heterocycles. The Labute approximate surface area is 91.6 Å². The van der Waals surface area contributed by atoms with Crippen molar-refractivity contribution < 1.29 is 4.92 Å². The van der Waals surface area contributed by atoms with Gasteiger partial charge in [-0.25, -0.2) is 0 Å². The van der Waals surface area contributed by atoms with Gasteiger partial charge in [0.2, 0.25) is 0 Å². The molecule has 0 spiro atoms. The lowest BCUT2D eigenvalue weighted by Gasteiger charge is -1.99. The van der Waals surface area contributed by atoms with Gasteiger partial charge in [-0.05, 0) is 5.56 Å². The van der Waals surface area contributed by atoms with E-state index in [9.17, 15) is 10.1 Å². The fraction of sp³-hybridized carbons (Fsp3) is 0.143. The molecule has 0 saturated heterocycles. The van der Waals surface area contributed by atoms with Crippen LogP contribution in [0.4, 0.5) is 5.69 Å². The molecule has 0 bridgehead atoms. The molecule has 1 unspecified atom stereocenters. The van der Waals surface area contributed by atoms with Gasteiger partial charge >= 0.3 is 0 Å². The smallest absolute Gasteiger partial charge is 0.258 e. The van der Waals surface area contributed by atoms with Crippen LogP contribution in [0.3, 0.4) is 0 Å². The topological polar surface area (TPSA) is 43.1 Å². The zero-order chi connectivity index (χ0) is 9.14. The Morgan fingerprint density at radius 1 is 1.42 bits per heavy atom. The maximum absolute atomic E-state index is 10.3. The number of rotatable bonds is 2. The van der Waals surface area contributed by atoms with Gasteiger partial charge in [-0.1, -0.05) is 50.7 Å². The summed E-state index contributed by atoms with van der Waals surface area (Å²) in [5.74, 6) is 0. The summed E-state index contributed by atoms with van der Waals surface area (Å²) >= 11 is 5.55. The van der Waals surface area contributed by atoms with Crippen molar-refractivity contribution in [1.82, 2.24) is 0 Å². The monoisotopic (exact) mass is 341 g/mol. The molecule has 3 nitrogen and oxygen atoms in total. The Kier molecular flexibility index (Phi) is 3.45. The molecule has 0 fully saturated rings. The van der Waals surface area contributed by atoms with E-state index in [-0.39, 0.29) is 8.52 Å². The van der Waals surface area contributed by atoms with E-state index in [1.165, 1.54) is 12.1 Å². The molecule has 0 aliphatic carbocycles. The van der Waals surface area contributed by atoms with E-state index in [1.807, 2.05) is 0 Å². The Bertz CT molecular complexity index is 286. The Morgan fingerprint density at radius 2 is 1.92 bits per heavy atom. The number of non-ortho nitro benzene ring substituents is 1. The number of nitro groups is 1. The zero-order valence-corrected chi connectivity index (χ0v) is 9.65. The summed E-state index contributed by atoms with van der Waals surface area (Å²) < 4.78 is 0.205. The maximum atomic E-state index is 10.3. The second kappa shape index (κ2) is 4.18. The SMILES string of the molecule is O=[N+]([O-])c1ccc(C(Br)I)cc1. The highest BCUT2D eigenvalue weighted by atomic mass is 127. The first-order valence-corrected chi connectivity index (χ1v) is 5.30. The third kappa shape index (κ3) is 2.41. The summed E-state index contributed by atoms with van der Waals surface area (Å²) in [6.07, 6.45) is 0. The maximum Gasteiger partial charge on any atom is 0.269 e. The van der Waals surface area contributed by atoms with Gasteiger partial charge in [0.25, 0.3) is 5.69 Å². The molecule has 0 saturated carbocycles. The molecule has 0 radical (unpaired) electrons. The van der Waals surface area contributed by atoms with Crippen LogP contribution < -0.4 is 0 Å². The Balaban J connectivity index is 2.93. The van der Waals surface area contributed by atoms with E-state index in [0.29, 0.717) is 0 Å². The fourth-order valence-corrected chi connectivity index (χ4v) is 1.46. The first-order valence-electron chi connectivity index (χ1n) is 3.14. The molecule has 1 aromatic rings. The average Bonchev–Trinajstić information content (AvgIpc) is 2.04. The van der Waals surface area contributed by atoms with E-state index in [2.05, 4.69) is 38.5 Å². The first kappa shape index (κ1) is 9.91. The van der Waals surface area contributed by atoms with Crippen LogP contribution in [0, 0.1) is 10.1 Å². The number of hydrogen-bond donors (Lipinski definition) is 0. The number of hydrogen-bond acceptors (Lipinski definition) is 2. The van der Waals surface area contributed by atoms with Crippen molar-refractivity contribution in [3.05, 3.63) is 39.9 Å². The van der Waals surface area contributed by atoms with Crippen LogP contribution in [0.1, 0.15) is 8.40 Å². The summed E-state index contributed by atoms with van der Waals surface area (Å²) in [4.78, 5) is 9.87. The zero-order valence-electron chi connectivity index (χ0n) is 5.91. The molecule has 1 atom stereocenters. The van der Waals surface area contributed by atoms with Gasteiger partial charge in [-0.3, -0.25) is 10.1 Å². The van der Waals surface area contributed by atoms with Crippen molar-refractivity contribution in [2.45, 2.75) is 2.83 Å². The third-order valence-corrected chi connectivity index (χ3v) is 2.60. The van der Waals surface area contributed by atoms with E-state index < -0.39 is 4.92 Å². The lowest BCUT2D eigenvalue weighted by molar-refractivity contribution is -0.384. The van der Waals surface area contributed by atoms with Gasteiger partial charge in [-0.2, -0.15) is 0 Å². The molecule has 64 valence electrons. The van der Waals surface area contributed by atoms with Gasteiger partial charge in [0.05, 0.1) is 7.76 Å². The minimum atomic E-state index is -0.403. The van der Waals surface area contributed by atoms with Crippen molar-refractivity contribution in [1.29, 1.82) is 0 Å². The van der Waals surface area contributed by atoms with E-state index in [4.69, 9.17) is 0 Å². The van der Waals surface area contributed by atoms with Crippen molar-refractivity contribution in [3.8, 4) is 0 Å². The van der Waals surface area contributed by atoms with Crippen molar-refractivity contribution in [2.24, 2.45) is 0 Å². The van der Waals surface area contributed by atoms with Crippen LogP contribution in [0.5, 0.6) is 0 Å². The fourth-order valence-electron chi connectivity index (χ4n) is 0.742. The Hall–Kier alpha value is -0.170. The number of alkyl halides is 2. The molecular weight excluding hydrogens is 337 g/mol. The van der Waals surface area contributed by atoms with Crippen molar-refractivity contribution in [3.63, 3.8) is 0 Å². The molecule has 0 N–H and O–H groups in total. The largest absolute Gasteiger partial charge is 0.269 e. The standard InChI is InChI=1S/C7H5BrINO2/c8-7(9)5-1-3-6(4-2-5)10(11)12/h1-4,7H. The average molecular weight is 342 g/mol. The summed E-state index contributed by atoms with van der Waals surface area (Å²) in [5, 5.41) is 10.3.